The summed E-state index contributed by atoms with van der Waals surface area (Å²) in [6.45, 7) is 5.01. The minimum absolute atomic E-state index is 0.371. The first kappa shape index (κ1) is 19.0. The molecule has 1 atom stereocenters. The summed E-state index contributed by atoms with van der Waals surface area (Å²) < 4.78 is 0. The van der Waals surface area contributed by atoms with Crippen LogP contribution in [0.4, 0.5) is 0 Å². The SMILES string of the molecule is CCCCCCCCC(CC)CCCCCCCO. The maximum atomic E-state index is 8.72. The van der Waals surface area contributed by atoms with Gasteiger partial charge in [-0.3, -0.25) is 0 Å². The van der Waals surface area contributed by atoms with Crippen LogP contribution in [-0.4, -0.2) is 11.7 Å². The van der Waals surface area contributed by atoms with Crippen LogP contribution in [0.15, 0.2) is 0 Å². The van der Waals surface area contributed by atoms with E-state index in [4.69, 9.17) is 5.11 Å². The molecule has 0 fully saturated rings. The van der Waals surface area contributed by atoms with Crippen molar-refractivity contribution in [3.05, 3.63) is 0 Å². The summed E-state index contributed by atoms with van der Waals surface area (Å²) >= 11 is 0. The first-order chi connectivity index (χ1) is 9.35. The fourth-order valence-corrected chi connectivity index (χ4v) is 2.84. The second-order valence-electron chi connectivity index (χ2n) is 6.11. The van der Waals surface area contributed by atoms with Crippen LogP contribution in [0, 0.1) is 5.92 Å². The molecule has 0 aromatic carbocycles. The van der Waals surface area contributed by atoms with E-state index < -0.39 is 0 Å². The molecule has 1 heteroatoms. The summed E-state index contributed by atoms with van der Waals surface area (Å²) in [5.74, 6) is 0.976. The Morgan fingerprint density at radius 2 is 1.11 bits per heavy atom. The van der Waals surface area contributed by atoms with Gasteiger partial charge in [-0.15, -0.1) is 0 Å². The molecule has 1 N–H and O–H groups in total. The van der Waals surface area contributed by atoms with Crippen molar-refractivity contribution in [1.29, 1.82) is 0 Å². The average Bonchev–Trinajstić information content (AvgIpc) is 2.44. The first-order valence-corrected chi connectivity index (χ1v) is 8.96. The topological polar surface area (TPSA) is 20.2 Å². The Hall–Kier alpha value is -0.0400. The largest absolute Gasteiger partial charge is 0.396 e. The van der Waals surface area contributed by atoms with Crippen molar-refractivity contribution in [3.8, 4) is 0 Å². The molecular formula is C18H38O. The van der Waals surface area contributed by atoms with Crippen LogP contribution in [-0.2, 0) is 0 Å². The van der Waals surface area contributed by atoms with Gasteiger partial charge in [-0.2, -0.15) is 0 Å². The van der Waals surface area contributed by atoms with Crippen molar-refractivity contribution in [1.82, 2.24) is 0 Å². The molecule has 0 rings (SSSR count). The Morgan fingerprint density at radius 1 is 0.632 bits per heavy atom. The number of aliphatic hydroxyl groups excluding tert-OH is 1. The zero-order valence-electron chi connectivity index (χ0n) is 13.6. The molecule has 116 valence electrons. The van der Waals surface area contributed by atoms with Gasteiger partial charge in [0.25, 0.3) is 0 Å². The van der Waals surface area contributed by atoms with Gasteiger partial charge in [0.1, 0.15) is 0 Å². The number of rotatable bonds is 15. The highest BCUT2D eigenvalue weighted by molar-refractivity contribution is 4.59. The van der Waals surface area contributed by atoms with Gasteiger partial charge in [-0.25, -0.2) is 0 Å². The van der Waals surface area contributed by atoms with Crippen molar-refractivity contribution >= 4 is 0 Å². The highest BCUT2D eigenvalue weighted by atomic mass is 16.2. The second kappa shape index (κ2) is 16.0. The molecule has 19 heavy (non-hydrogen) atoms. The maximum absolute atomic E-state index is 8.72. The molecule has 0 aliphatic rings. The highest BCUT2D eigenvalue weighted by Crippen LogP contribution is 2.21. The van der Waals surface area contributed by atoms with Crippen LogP contribution >= 0.6 is 0 Å². The van der Waals surface area contributed by atoms with Crippen molar-refractivity contribution in [2.45, 2.75) is 104 Å². The fourth-order valence-electron chi connectivity index (χ4n) is 2.84. The predicted molar refractivity (Wildman–Crippen MR) is 86.6 cm³/mol. The molecule has 0 saturated heterocycles. The Balaban J connectivity index is 3.30. The predicted octanol–water partition coefficient (Wildman–Crippen LogP) is 6.10. The van der Waals surface area contributed by atoms with Gasteiger partial charge in [-0.05, 0) is 12.3 Å². The molecule has 0 radical (unpaired) electrons. The van der Waals surface area contributed by atoms with Crippen molar-refractivity contribution in [2.75, 3.05) is 6.61 Å². The monoisotopic (exact) mass is 270 g/mol. The van der Waals surface area contributed by atoms with Crippen LogP contribution in [0.1, 0.15) is 104 Å². The molecule has 1 nitrogen and oxygen atoms in total. The molecule has 0 aliphatic heterocycles. The van der Waals surface area contributed by atoms with Gasteiger partial charge in [0, 0.05) is 6.61 Å². The third-order valence-electron chi connectivity index (χ3n) is 4.31. The maximum Gasteiger partial charge on any atom is 0.0431 e. The normalized spacial score (nSPS) is 12.8. The number of hydrogen-bond acceptors (Lipinski definition) is 1. The minimum Gasteiger partial charge on any atom is -0.396 e. The van der Waals surface area contributed by atoms with E-state index in [9.17, 15) is 0 Å². The summed E-state index contributed by atoms with van der Waals surface area (Å²) in [6, 6.07) is 0. The van der Waals surface area contributed by atoms with Gasteiger partial charge in [-0.1, -0.05) is 97.3 Å². The summed E-state index contributed by atoms with van der Waals surface area (Å²) in [6.07, 6.45) is 19.1. The van der Waals surface area contributed by atoms with Crippen LogP contribution < -0.4 is 0 Å². The molecule has 0 aromatic heterocycles. The van der Waals surface area contributed by atoms with E-state index >= 15 is 0 Å². The number of hydrogen-bond donors (Lipinski definition) is 1. The summed E-state index contributed by atoms with van der Waals surface area (Å²) in [5, 5.41) is 8.72. The van der Waals surface area contributed by atoms with Crippen molar-refractivity contribution in [3.63, 3.8) is 0 Å². The van der Waals surface area contributed by atoms with E-state index in [1.807, 2.05) is 0 Å². The Labute approximate surface area is 122 Å². The first-order valence-electron chi connectivity index (χ1n) is 8.96. The lowest BCUT2D eigenvalue weighted by atomic mass is 9.92. The third kappa shape index (κ3) is 14.2. The lowest BCUT2D eigenvalue weighted by Crippen LogP contribution is -1.99. The molecular weight excluding hydrogens is 232 g/mol. The van der Waals surface area contributed by atoms with Gasteiger partial charge >= 0.3 is 0 Å². The van der Waals surface area contributed by atoms with E-state index in [1.54, 1.807) is 0 Å². The number of aliphatic hydroxyl groups is 1. The number of unbranched alkanes of at least 4 members (excludes halogenated alkanes) is 9. The summed E-state index contributed by atoms with van der Waals surface area (Å²) in [7, 11) is 0. The summed E-state index contributed by atoms with van der Waals surface area (Å²) in [4.78, 5) is 0. The van der Waals surface area contributed by atoms with E-state index in [0.29, 0.717) is 6.61 Å². The van der Waals surface area contributed by atoms with E-state index in [2.05, 4.69) is 13.8 Å². The minimum atomic E-state index is 0.371. The van der Waals surface area contributed by atoms with E-state index in [0.717, 1.165) is 12.3 Å². The summed E-state index contributed by atoms with van der Waals surface area (Å²) in [5.41, 5.74) is 0. The third-order valence-corrected chi connectivity index (χ3v) is 4.31. The molecule has 0 aromatic rings. The Morgan fingerprint density at radius 3 is 1.58 bits per heavy atom. The molecule has 0 bridgehead atoms. The quantitative estimate of drug-likeness (QED) is 0.357. The average molecular weight is 271 g/mol. The van der Waals surface area contributed by atoms with Gasteiger partial charge in [0.15, 0.2) is 0 Å². The zero-order valence-corrected chi connectivity index (χ0v) is 13.6. The van der Waals surface area contributed by atoms with E-state index in [-0.39, 0.29) is 0 Å². The van der Waals surface area contributed by atoms with Gasteiger partial charge in [0.05, 0.1) is 0 Å². The smallest absolute Gasteiger partial charge is 0.0431 e. The van der Waals surface area contributed by atoms with E-state index in [1.165, 1.54) is 83.5 Å². The van der Waals surface area contributed by atoms with Crippen LogP contribution in [0.3, 0.4) is 0 Å². The molecule has 1 unspecified atom stereocenters. The van der Waals surface area contributed by atoms with Crippen LogP contribution in [0.25, 0.3) is 0 Å². The molecule has 0 spiro atoms. The molecule has 0 aliphatic carbocycles. The Kier molecular flexibility index (Phi) is 16.0. The highest BCUT2D eigenvalue weighted by Gasteiger charge is 2.05. The Bertz CT molecular complexity index is 140. The standard InChI is InChI=1S/C18H38O/c1-3-5-6-7-9-12-15-18(4-2)16-13-10-8-11-14-17-19/h18-19H,3-17H2,1-2H3. The zero-order chi connectivity index (χ0) is 14.2. The fraction of sp³-hybridized carbons (Fsp3) is 1.00. The molecule has 0 heterocycles. The van der Waals surface area contributed by atoms with Crippen LogP contribution in [0.5, 0.6) is 0 Å². The lowest BCUT2D eigenvalue weighted by Gasteiger charge is -2.14. The van der Waals surface area contributed by atoms with Crippen molar-refractivity contribution < 1.29 is 5.11 Å². The van der Waals surface area contributed by atoms with Crippen molar-refractivity contribution in [2.24, 2.45) is 5.92 Å². The lowest BCUT2D eigenvalue weighted by molar-refractivity contribution is 0.281. The second-order valence-corrected chi connectivity index (χ2v) is 6.11. The van der Waals surface area contributed by atoms with Gasteiger partial charge < -0.3 is 5.11 Å². The van der Waals surface area contributed by atoms with Crippen LogP contribution in [0.2, 0.25) is 0 Å². The van der Waals surface area contributed by atoms with Gasteiger partial charge in [0.2, 0.25) is 0 Å². The molecule has 0 saturated carbocycles. The molecule has 0 amide bonds.